The van der Waals surface area contributed by atoms with E-state index in [1.54, 1.807) is 16.3 Å². The van der Waals surface area contributed by atoms with Gasteiger partial charge in [-0.3, -0.25) is 9.48 Å². The minimum Gasteiger partial charge on any atom is -0.483 e. The van der Waals surface area contributed by atoms with E-state index in [-0.39, 0.29) is 11.4 Å². The number of sulfonamides is 1. The molecule has 1 N–H and O–H groups in total. The van der Waals surface area contributed by atoms with Gasteiger partial charge in [0.1, 0.15) is 10.7 Å². The average molecular weight is 433 g/mol. The number of nitrogens with zero attached hydrogens (tertiary/aromatic N) is 6. The van der Waals surface area contributed by atoms with Crippen LogP contribution in [0.4, 0.5) is 0 Å². The number of hydrogen-bond donors (Lipinski definition) is 1. The van der Waals surface area contributed by atoms with Crippen LogP contribution in [0.3, 0.4) is 0 Å². The Hall–Kier alpha value is -3.05. The fourth-order valence-corrected chi connectivity index (χ4v) is 5.25. The number of carbonyl (C=O) groups is 1. The number of aromatic nitrogens is 5. The zero-order chi connectivity index (χ0) is 21.9. The van der Waals surface area contributed by atoms with E-state index in [1.165, 1.54) is 10.5 Å². The van der Waals surface area contributed by atoms with Crippen LogP contribution in [0.15, 0.2) is 41.4 Å². The average Bonchev–Trinajstić information content (AvgIpc) is 3.33. The van der Waals surface area contributed by atoms with E-state index in [0.717, 1.165) is 5.56 Å². The lowest BCUT2D eigenvalue weighted by molar-refractivity contribution is -0.122. The Morgan fingerprint density at radius 1 is 1.23 bits per heavy atom. The van der Waals surface area contributed by atoms with Crippen molar-refractivity contribution in [3.8, 4) is 11.4 Å². The van der Waals surface area contributed by atoms with Crippen molar-refractivity contribution in [1.82, 2.24) is 28.9 Å². The van der Waals surface area contributed by atoms with E-state index in [9.17, 15) is 8.42 Å². The Balaban J connectivity index is 0.000000806. The van der Waals surface area contributed by atoms with Gasteiger partial charge in [-0.1, -0.05) is 30.3 Å². The molecule has 1 aliphatic heterocycles. The smallest absolute Gasteiger partial charge is 0.290 e. The molecule has 11 heteroatoms. The maximum atomic E-state index is 13.2. The molecule has 0 saturated carbocycles. The largest absolute Gasteiger partial charge is 0.483 e. The van der Waals surface area contributed by atoms with Gasteiger partial charge in [-0.25, -0.2) is 18.1 Å². The highest BCUT2D eigenvalue weighted by Gasteiger charge is 2.37. The van der Waals surface area contributed by atoms with Crippen LogP contribution >= 0.6 is 0 Å². The number of hydrogen-bond acceptors (Lipinski definition) is 6. The maximum Gasteiger partial charge on any atom is 0.290 e. The van der Waals surface area contributed by atoms with E-state index in [0.29, 0.717) is 37.0 Å². The normalized spacial score (nSPS) is 16.4. The summed E-state index contributed by atoms with van der Waals surface area (Å²) >= 11 is 0. The first-order valence-corrected chi connectivity index (χ1v) is 10.9. The lowest BCUT2D eigenvalue weighted by Gasteiger charge is -2.31. The molecular formula is C19H24N6O4S. The molecule has 0 fully saturated rings. The zero-order valence-corrected chi connectivity index (χ0v) is 17.8. The second kappa shape index (κ2) is 8.76. The summed E-state index contributed by atoms with van der Waals surface area (Å²) in [6.07, 6.45) is 1.44. The molecule has 1 aromatic carbocycles. The van der Waals surface area contributed by atoms with Crippen LogP contribution in [-0.4, -0.2) is 55.4 Å². The summed E-state index contributed by atoms with van der Waals surface area (Å²) in [4.78, 5) is 13.2. The standard InChI is InChI=1S/C18H22N6O2S.CH2O2/c1-4-22-13(2)16(12-19-22)27(25,26)24-11-10-23-18(14(24)3)20-17(21-23)15-8-6-5-7-9-15;2-1-3/h5-9,12,14H,4,10-11H2,1-3H3;1H,(H,2,3)/t14-;/m0./s1. The molecule has 0 amide bonds. The fraction of sp³-hybridized carbons (Fsp3) is 0.368. The third-order valence-electron chi connectivity index (χ3n) is 5.01. The molecule has 0 spiro atoms. The number of fused-ring (bicyclic) bond motifs is 1. The quantitative estimate of drug-likeness (QED) is 0.625. The summed E-state index contributed by atoms with van der Waals surface area (Å²) in [6.45, 7) is 6.78. The molecule has 0 bridgehead atoms. The van der Waals surface area contributed by atoms with Crippen molar-refractivity contribution >= 4 is 16.5 Å². The molecule has 3 aromatic rings. The van der Waals surface area contributed by atoms with Crippen LogP contribution in [-0.2, 0) is 27.9 Å². The van der Waals surface area contributed by atoms with Crippen molar-refractivity contribution in [3.63, 3.8) is 0 Å². The van der Waals surface area contributed by atoms with Crippen LogP contribution < -0.4 is 0 Å². The van der Waals surface area contributed by atoms with Crippen LogP contribution in [0.25, 0.3) is 11.4 Å². The second-order valence-corrected chi connectivity index (χ2v) is 8.55. The number of aryl methyl sites for hydroxylation is 1. The Labute approximate surface area is 174 Å². The summed E-state index contributed by atoms with van der Waals surface area (Å²) in [5.41, 5.74) is 1.57. The summed E-state index contributed by atoms with van der Waals surface area (Å²) in [5.74, 6) is 1.27. The van der Waals surface area contributed by atoms with Crippen LogP contribution in [0.5, 0.6) is 0 Å². The molecule has 0 radical (unpaired) electrons. The van der Waals surface area contributed by atoms with Gasteiger partial charge in [0.15, 0.2) is 5.82 Å². The monoisotopic (exact) mass is 432 g/mol. The van der Waals surface area contributed by atoms with Gasteiger partial charge in [-0.15, -0.1) is 0 Å². The molecule has 10 nitrogen and oxygen atoms in total. The second-order valence-electron chi connectivity index (χ2n) is 6.69. The van der Waals surface area contributed by atoms with E-state index in [4.69, 9.17) is 9.90 Å². The van der Waals surface area contributed by atoms with E-state index in [1.807, 2.05) is 44.2 Å². The number of benzene rings is 1. The van der Waals surface area contributed by atoms with Crippen LogP contribution in [0.2, 0.25) is 0 Å². The lowest BCUT2D eigenvalue weighted by atomic mass is 10.2. The summed E-state index contributed by atoms with van der Waals surface area (Å²) in [5, 5.41) is 15.6. The Kier molecular flexibility index (Phi) is 6.32. The highest BCUT2D eigenvalue weighted by atomic mass is 32.2. The van der Waals surface area contributed by atoms with Gasteiger partial charge in [0.2, 0.25) is 10.0 Å². The van der Waals surface area contributed by atoms with Gasteiger partial charge in [-0.05, 0) is 20.8 Å². The van der Waals surface area contributed by atoms with E-state index >= 15 is 0 Å². The molecule has 0 unspecified atom stereocenters. The number of rotatable bonds is 4. The minimum atomic E-state index is -3.66. The zero-order valence-electron chi connectivity index (χ0n) is 17.0. The highest BCUT2D eigenvalue weighted by Crippen LogP contribution is 2.32. The Bertz CT molecular complexity index is 1120. The number of carboxylic acid groups (broad SMARTS) is 1. The molecular weight excluding hydrogens is 408 g/mol. The Morgan fingerprint density at radius 3 is 2.50 bits per heavy atom. The van der Waals surface area contributed by atoms with Gasteiger partial charge < -0.3 is 5.11 Å². The molecule has 2 aromatic heterocycles. The lowest BCUT2D eigenvalue weighted by Crippen LogP contribution is -2.41. The Morgan fingerprint density at radius 2 is 1.90 bits per heavy atom. The van der Waals surface area contributed by atoms with Crippen molar-refractivity contribution in [3.05, 3.63) is 48.0 Å². The van der Waals surface area contributed by atoms with Crippen molar-refractivity contribution in [2.24, 2.45) is 0 Å². The van der Waals surface area contributed by atoms with Gasteiger partial charge in [0.25, 0.3) is 6.47 Å². The first-order valence-electron chi connectivity index (χ1n) is 9.47. The third-order valence-corrected chi connectivity index (χ3v) is 7.09. The van der Waals surface area contributed by atoms with Crippen LogP contribution in [0.1, 0.15) is 31.4 Å². The maximum absolute atomic E-state index is 13.2. The van der Waals surface area contributed by atoms with Crippen LogP contribution in [0, 0.1) is 6.92 Å². The first-order chi connectivity index (χ1) is 14.3. The van der Waals surface area contributed by atoms with Gasteiger partial charge in [0.05, 0.1) is 24.5 Å². The predicted molar refractivity (Wildman–Crippen MR) is 109 cm³/mol. The molecule has 0 saturated heterocycles. The van der Waals surface area contributed by atoms with Gasteiger partial charge >= 0.3 is 0 Å². The summed E-state index contributed by atoms with van der Waals surface area (Å²) < 4.78 is 31.5. The van der Waals surface area contributed by atoms with Gasteiger partial charge in [0, 0.05) is 18.7 Å². The van der Waals surface area contributed by atoms with E-state index in [2.05, 4.69) is 15.2 Å². The minimum absolute atomic E-state index is 0.250. The molecule has 1 aliphatic rings. The fourth-order valence-electron chi connectivity index (χ4n) is 3.51. The first kappa shape index (κ1) is 21.7. The molecule has 30 heavy (non-hydrogen) atoms. The van der Waals surface area contributed by atoms with E-state index < -0.39 is 16.1 Å². The molecule has 160 valence electrons. The molecule has 1 atom stereocenters. The van der Waals surface area contributed by atoms with Gasteiger partial charge in [-0.2, -0.15) is 14.5 Å². The predicted octanol–water partition coefficient (Wildman–Crippen LogP) is 1.94. The SMILES string of the molecule is CCn1ncc(S(=O)(=O)N2CCn3nc(-c4ccccc4)nc3[C@@H]2C)c1C.O=CO. The van der Waals surface area contributed by atoms with Crippen molar-refractivity contribution in [2.75, 3.05) is 6.54 Å². The third kappa shape index (κ3) is 3.85. The van der Waals surface area contributed by atoms with Crippen molar-refractivity contribution in [2.45, 2.75) is 44.8 Å². The molecule has 3 heterocycles. The molecule has 0 aliphatic carbocycles. The summed E-state index contributed by atoms with van der Waals surface area (Å²) in [7, 11) is -3.66. The van der Waals surface area contributed by atoms with Crippen molar-refractivity contribution < 1.29 is 18.3 Å². The summed E-state index contributed by atoms with van der Waals surface area (Å²) in [6, 6.07) is 9.30. The molecule has 4 rings (SSSR count). The highest BCUT2D eigenvalue weighted by molar-refractivity contribution is 7.89. The van der Waals surface area contributed by atoms with Crippen molar-refractivity contribution in [1.29, 1.82) is 0 Å². The topological polar surface area (TPSA) is 123 Å².